The molecule has 128 valence electrons. The molecule has 0 radical (unpaired) electrons. The van der Waals surface area contributed by atoms with Gasteiger partial charge in [0.2, 0.25) is 0 Å². The maximum Gasteiger partial charge on any atom is 0.257 e. The molecule has 3 nitrogen and oxygen atoms in total. The van der Waals surface area contributed by atoms with E-state index < -0.39 is 0 Å². The number of nitrogens with one attached hydrogen (secondary N) is 1. The van der Waals surface area contributed by atoms with Crippen molar-refractivity contribution in [3.8, 4) is 11.3 Å². The highest BCUT2D eigenvalue weighted by Gasteiger charge is 2.12. The van der Waals surface area contributed by atoms with Crippen LogP contribution in [0.1, 0.15) is 10.4 Å². The minimum absolute atomic E-state index is 0.214. The summed E-state index contributed by atoms with van der Waals surface area (Å²) in [6.07, 6.45) is 0. The van der Waals surface area contributed by atoms with Crippen LogP contribution in [0.5, 0.6) is 0 Å². The Balaban J connectivity index is 1.68. The largest absolute Gasteiger partial charge is 0.344 e. The third-order valence-electron chi connectivity index (χ3n) is 4.49. The van der Waals surface area contributed by atoms with Crippen molar-refractivity contribution in [3.05, 3.63) is 89.4 Å². The van der Waals surface area contributed by atoms with Crippen molar-refractivity contribution in [1.29, 1.82) is 0 Å². The van der Waals surface area contributed by atoms with Crippen LogP contribution < -0.4 is 5.32 Å². The smallest absolute Gasteiger partial charge is 0.257 e. The van der Waals surface area contributed by atoms with Gasteiger partial charge in [-0.15, -0.1) is 0 Å². The number of carbonyl (C=O) groups excluding carboxylic acids is 1. The van der Waals surface area contributed by atoms with Crippen molar-refractivity contribution in [3.63, 3.8) is 0 Å². The fourth-order valence-corrected chi connectivity index (χ4v) is 3.38. The molecular formula is C22H17ClN2O. The molecule has 4 aromatic rings. The van der Waals surface area contributed by atoms with Gasteiger partial charge in [0, 0.05) is 29.3 Å². The second-order valence-electron chi connectivity index (χ2n) is 6.16. The molecule has 1 amide bonds. The number of anilines is 1. The molecule has 0 unspecified atom stereocenters. The molecule has 4 rings (SSSR count). The van der Waals surface area contributed by atoms with Gasteiger partial charge in [-0.25, -0.2) is 0 Å². The van der Waals surface area contributed by atoms with Crippen LogP contribution in [-0.4, -0.2) is 10.5 Å². The highest BCUT2D eigenvalue weighted by molar-refractivity contribution is 6.34. The van der Waals surface area contributed by atoms with Crippen LogP contribution in [-0.2, 0) is 7.05 Å². The van der Waals surface area contributed by atoms with Gasteiger partial charge in [0.1, 0.15) is 0 Å². The first kappa shape index (κ1) is 16.4. The molecule has 1 aromatic heterocycles. The normalized spacial score (nSPS) is 10.8. The van der Waals surface area contributed by atoms with Crippen molar-refractivity contribution in [2.45, 2.75) is 0 Å². The van der Waals surface area contributed by atoms with Crippen molar-refractivity contribution >= 4 is 34.1 Å². The van der Waals surface area contributed by atoms with E-state index in [0.717, 1.165) is 27.8 Å². The highest BCUT2D eigenvalue weighted by Crippen LogP contribution is 2.29. The van der Waals surface area contributed by atoms with Gasteiger partial charge in [0.05, 0.1) is 10.6 Å². The Hall–Kier alpha value is -3.04. The summed E-state index contributed by atoms with van der Waals surface area (Å²) in [6, 6.07) is 25.3. The molecule has 3 aromatic carbocycles. The summed E-state index contributed by atoms with van der Waals surface area (Å²) in [5, 5.41) is 4.44. The average Bonchev–Trinajstić information content (AvgIpc) is 2.99. The van der Waals surface area contributed by atoms with Gasteiger partial charge in [-0.1, -0.05) is 54.1 Å². The number of hydrogen-bond donors (Lipinski definition) is 1. The van der Waals surface area contributed by atoms with E-state index in [2.05, 4.69) is 28.1 Å². The van der Waals surface area contributed by atoms with Gasteiger partial charge in [0.15, 0.2) is 0 Å². The van der Waals surface area contributed by atoms with Gasteiger partial charge >= 0.3 is 0 Å². The first-order valence-corrected chi connectivity index (χ1v) is 8.72. The number of halogens is 1. The molecule has 0 bridgehead atoms. The van der Waals surface area contributed by atoms with Crippen molar-refractivity contribution in [2.24, 2.45) is 7.05 Å². The molecule has 1 heterocycles. The SMILES string of the molecule is Cn1c(-c2ccccc2)cc2cc(NC(=O)c3ccccc3Cl)ccc21. The Morgan fingerprint density at radius 1 is 0.923 bits per heavy atom. The standard InChI is InChI=1S/C22H17ClN2O/c1-25-20-12-11-17(24-22(26)18-9-5-6-10-19(18)23)13-16(20)14-21(25)15-7-3-2-4-8-15/h2-14H,1H3,(H,24,26). The van der Waals surface area contributed by atoms with Crippen molar-refractivity contribution in [2.75, 3.05) is 5.32 Å². The fourth-order valence-electron chi connectivity index (χ4n) is 3.16. The highest BCUT2D eigenvalue weighted by atomic mass is 35.5. The number of rotatable bonds is 3. The Morgan fingerprint density at radius 2 is 1.65 bits per heavy atom. The zero-order valence-electron chi connectivity index (χ0n) is 14.2. The predicted molar refractivity (Wildman–Crippen MR) is 108 cm³/mol. The summed E-state index contributed by atoms with van der Waals surface area (Å²) < 4.78 is 2.16. The number of amides is 1. The summed E-state index contributed by atoms with van der Waals surface area (Å²) in [4.78, 5) is 12.5. The Labute approximate surface area is 156 Å². The van der Waals surface area contributed by atoms with E-state index in [-0.39, 0.29) is 5.91 Å². The number of aryl methyl sites for hydroxylation is 1. The van der Waals surface area contributed by atoms with Gasteiger partial charge in [0.25, 0.3) is 5.91 Å². The van der Waals surface area contributed by atoms with Crippen LogP contribution in [0.4, 0.5) is 5.69 Å². The maximum absolute atomic E-state index is 12.5. The monoisotopic (exact) mass is 360 g/mol. The molecule has 0 saturated heterocycles. The van der Waals surface area contributed by atoms with E-state index in [1.165, 1.54) is 0 Å². The Bertz CT molecular complexity index is 1100. The molecule has 0 aliphatic carbocycles. The molecule has 0 fully saturated rings. The predicted octanol–water partition coefficient (Wildman–Crippen LogP) is 5.75. The molecule has 0 aliphatic heterocycles. The van der Waals surface area contributed by atoms with E-state index in [1.807, 2.05) is 43.4 Å². The molecular weight excluding hydrogens is 344 g/mol. The molecule has 0 saturated carbocycles. The summed E-state index contributed by atoms with van der Waals surface area (Å²) in [5.41, 5.74) is 4.61. The summed E-state index contributed by atoms with van der Waals surface area (Å²) in [6.45, 7) is 0. The molecule has 0 atom stereocenters. The lowest BCUT2D eigenvalue weighted by molar-refractivity contribution is 0.102. The van der Waals surface area contributed by atoms with E-state index in [0.29, 0.717) is 10.6 Å². The van der Waals surface area contributed by atoms with Gasteiger partial charge < -0.3 is 9.88 Å². The topological polar surface area (TPSA) is 34.0 Å². The van der Waals surface area contributed by atoms with Crippen LogP contribution >= 0.6 is 11.6 Å². The average molecular weight is 361 g/mol. The third-order valence-corrected chi connectivity index (χ3v) is 4.82. The minimum Gasteiger partial charge on any atom is -0.344 e. The summed E-state index contributed by atoms with van der Waals surface area (Å²) in [7, 11) is 2.05. The van der Waals surface area contributed by atoms with Crippen molar-refractivity contribution < 1.29 is 4.79 Å². The van der Waals surface area contributed by atoms with Gasteiger partial charge in [-0.3, -0.25) is 4.79 Å². The number of nitrogens with zero attached hydrogens (tertiary/aromatic N) is 1. The van der Waals surface area contributed by atoms with Crippen LogP contribution in [0.3, 0.4) is 0 Å². The molecule has 0 aliphatic rings. The quantitative estimate of drug-likeness (QED) is 0.495. The number of carbonyl (C=O) groups is 1. The molecule has 0 spiro atoms. The van der Waals surface area contributed by atoms with Crippen LogP contribution in [0.2, 0.25) is 5.02 Å². The van der Waals surface area contributed by atoms with Gasteiger partial charge in [-0.2, -0.15) is 0 Å². The van der Waals surface area contributed by atoms with Crippen LogP contribution in [0, 0.1) is 0 Å². The third kappa shape index (κ3) is 2.98. The number of aromatic nitrogens is 1. The first-order chi connectivity index (χ1) is 12.6. The van der Waals surface area contributed by atoms with Crippen molar-refractivity contribution in [1.82, 2.24) is 4.57 Å². The first-order valence-electron chi connectivity index (χ1n) is 8.34. The minimum atomic E-state index is -0.214. The van der Waals surface area contributed by atoms with E-state index in [1.54, 1.807) is 24.3 Å². The summed E-state index contributed by atoms with van der Waals surface area (Å²) >= 11 is 6.11. The lowest BCUT2D eigenvalue weighted by Crippen LogP contribution is -2.12. The molecule has 4 heteroatoms. The maximum atomic E-state index is 12.5. The summed E-state index contributed by atoms with van der Waals surface area (Å²) in [5.74, 6) is -0.214. The van der Waals surface area contributed by atoms with Gasteiger partial charge in [-0.05, 0) is 42.0 Å². The Morgan fingerprint density at radius 3 is 2.42 bits per heavy atom. The number of hydrogen-bond acceptors (Lipinski definition) is 1. The number of benzene rings is 3. The molecule has 26 heavy (non-hydrogen) atoms. The lowest BCUT2D eigenvalue weighted by atomic mass is 10.1. The lowest BCUT2D eigenvalue weighted by Gasteiger charge is -2.07. The van der Waals surface area contributed by atoms with E-state index in [4.69, 9.17) is 11.6 Å². The second-order valence-corrected chi connectivity index (χ2v) is 6.57. The molecule has 1 N–H and O–H groups in total. The van der Waals surface area contributed by atoms with Crippen LogP contribution in [0.15, 0.2) is 78.9 Å². The van der Waals surface area contributed by atoms with Crippen LogP contribution in [0.25, 0.3) is 22.2 Å². The number of fused-ring (bicyclic) bond motifs is 1. The van der Waals surface area contributed by atoms with E-state index >= 15 is 0 Å². The zero-order chi connectivity index (χ0) is 18.1. The fraction of sp³-hybridized carbons (Fsp3) is 0.0455. The second kappa shape index (κ2) is 6.70. The van der Waals surface area contributed by atoms with E-state index in [9.17, 15) is 4.79 Å². The zero-order valence-corrected chi connectivity index (χ0v) is 15.0. The Kier molecular flexibility index (Phi) is 4.23.